The van der Waals surface area contributed by atoms with Crippen LogP contribution in [-0.4, -0.2) is 16.9 Å². The third-order valence-electron chi connectivity index (χ3n) is 11.1. The van der Waals surface area contributed by atoms with Gasteiger partial charge in [0.2, 0.25) is 0 Å². The minimum Gasteiger partial charge on any atom is -0.478 e. The van der Waals surface area contributed by atoms with Crippen LogP contribution in [0.3, 0.4) is 0 Å². The molecule has 0 aromatic carbocycles. The number of carbonyl (C=O) groups excluding carboxylic acids is 1. The summed E-state index contributed by atoms with van der Waals surface area (Å²) in [5, 5.41) is 9.15. The van der Waals surface area contributed by atoms with Crippen molar-refractivity contribution in [2.75, 3.05) is 0 Å². The molecule has 0 saturated heterocycles. The molecule has 4 aliphatic carbocycles. The molecule has 1 N–H and O–H groups in total. The molecule has 3 heteroatoms. The summed E-state index contributed by atoms with van der Waals surface area (Å²) in [5.41, 5.74) is 3.89. The van der Waals surface area contributed by atoms with E-state index >= 15 is 0 Å². The summed E-state index contributed by atoms with van der Waals surface area (Å²) in [6.07, 6.45) is 15.2. The van der Waals surface area contributed by atoms with E-state index in [0.29, 0.717) is 35.5 Å². The lowest BCUT2D eigenvalue weighted by molar-refractivity contribution is -0.138. The van der Waals surface area contributed by atoms with E-state index in [1.807, 2.05) is 6.08 Å². The normalized spacial score (nSPS) is 40.8. The second kappa shape index (κ2) is 7.95. The maximum Gasteiger partial charge on any atom is 0.330 e. The van der Waals surface area contributed by atoms with Gasteiger partial charge in [-0.1, -0.05) is 59.8 Å². The van der Waals surface area contributed by atoms with Crippen LogP contribution in [-0.2, 0) is 9.59 Å². The molecule has 182 valence electrons. The van der Waals surface area contributed by atoms with Gasteiger partial charge in [-0.15, -0.1) is 0 Å². The van der Waals surface area contributed by atoms with Crippen molar-refractivity contribution in [3.8, 4) is 0 Å². The molecule has 0 heterocycles. The van der Waals surface area contributed by atoms with E-state index in [-0.39, 0.29) is 21.7 Å². The van der Waals surface area contributed by atoms with Crippen molar-refractivity contribution in [3.05, 3.63) is 34.9 Å². The van der Waals surface area contributed by atoms with Crippen LogP contribution in [0.15, 0.2) is 34.9 Å². The number of Topliss-reactive ketones (excluding diaryl/α,β-unsaturated/α-hetero) is 1. The predicted molar refractivity (Wildman–Crippen MR) is 134 cm³/mol. The van der Waals surface area contributed by atoms with Gasteiger partial charge in [0, 0.05) is 17.4 Å². The third kappa shape index (κ3) is 3.43. The van der Waals surface area contributed by atoms with E-state index in [1.165, 1.54) is 12.8 Å². The van der Waals surface area contributed by atoms with Gasteiger partial charge in [0.15, 0.2) is 0 Å². The maximum atomic E-state index is 12.8. The molecule has 0 amide bonds. The molecule has 0 bridgehead atoms. The quantitative estimate of drug-likeness (QED) is 0.439. The second-order valence-corrected chi connectivity index (χ2v) is 12.9. The Balaban J connectivity index is 1.62. The van der Waals surface area contributed by atoms with E-state index in [2.05, 4.69) is 53.7 Å². The first-order chi connectivity index (χ1) is 15.3. The molecule has 0 radical (unpaired) electrons. The van der Waals surface area contributed by atoms with Crippen LogP contribution in [0.1, 0.15) is 99.8 Å². The molecule has 0 aromatic heterocycles. The Bertz CT molecular complexity index is 950. The Kier molecular flexibility index (Phi) is 5.90. The van der Waals surface area contributed by atoms with Crippen molar-refractivity contribution in [3.63, 3.8) is 0 Å². The minimum absolute atomic E-state index is 0.106. The topological polar surface area (TPSA) is 54.4 Å². The molecule has 2 saturated carbocycles. The highest BCUT2D eigenvalue weighted by Crippen LogP contribution is 2.71. The summed E-state index contributed by atoms with van der Waals surface area (Å²) in [6.45, 7) is 15.9. The molecule has 6 atom stereocenters. The van der Waals surface area contributed by atoms with Crippen LogP contribution in [0, 0.1) is 39.4 Å². The van der Waals surface area contributed by atoms with Crippen molar-refractivity contribution in [2.24, 2.45) is 39.4 Å². The zero-order chi connectivity index (χ0) is 24.4. The zero-order valence-corrected chi connectivity index (χ0v) is 21.9. The molecule has 4 rings (SSSR count). The average Bonchev–Trinajstić information content (AvgIpc) is 3.02. The summed E-state index contributed by atoms with van der Waals surface area (Å²) in [6, 6.07) is 0. The van der Waals surface area contributed by atoms with Gasteiger partial charge in [-0.05, 0) is 97.0 Å². The van der Waals surface area contributed by atoms with Crippen LogP contribution in [0.5, 0.6) is 0 Å². The Morgan fingerprint density at radius 1 is 1.15 bits per heavy atom. The summed E-state index contributed by atoms with van der Waals surface area (Å²) in [5.74, 6) is 1.25. The number of carboxylic acids is 1. The van der Waals surface area contributed by atoms with Crippen molar-refractivity contribution < 1.29 is 14.7 Å². The molecule has 1 unspecified atom stereocenters. The van der Waals surface area contributed by atoms with Gasteiger partial charge in [-0.25, -0.2) is 4.79 Å². The molecular weight excluding hydrogens is 408 g/mol. The molecule has 3 nitrogen and oxygen atoms in total. The Morgan fingerprint density at radius 3 is 2.52 bits per heavy atom. The first kappa shape index (κ1) is 24.5. The van der Waals surface area contributed by atoms with E-state index in [4.69, 9.17) is 5.11 Å². The van der Waals surface area contributed by atoms with Crippen molar-refractivity contribution in [2.45, 2.75) is 99.8 Å². The standard InChI is InChI=1S/C30H44O3/c1-19(9-8-10-20(2)26(32)33)21-13-17-30(7)23-11-12-24-27(3,4)25(31)15-16-28(24,5)22(23)14-18-29(21,30)6/h10-11,14,19,21,24H,8-9,12-13,15-18H2,1-7H3,(H,32,33)/t19-,21-,24?,28-,29-,30+/m1/s1. The van der Waals surface area contributed by atoms with Crippen LogP contribution in [0.4, 0.5) is 0 Å². The number of ketones is 1. The van der Waals surface area contributed by atoms with Crippen molar-refractivity contribution >= 4 is 11.8 Å². The zero-order valence-electron chi connectivity index (χ0n) is 21.9. The van der Waals surface area contributed by atoms with Crippen LogP contribution in [0.2, 0.25) is 0 Å². The van der Waals surface area contributed by atoms with Crippen LogP contribution >= 0.6 is 0 Å². The molecule has 0 spiro atoms. The minimum atomic E-state index is -0.809. The Morgan fingerprint density at radius 2 is 1.85 bits per heavy atom. The van der Waals surface area contributed by atoms with Gasteiger partial charge < -0.3 is 5.11 Å². The highest BCUT2D eigenvalue weighted by Gasteiger charge is 2.63. The highest BCUT2D eigenvalue weighted by molar-refractivity contribution is 5.86. The second-order valence-electron chi connectivity index (χ2n) is 12.9. The first-order valence-electron chi connectivity index (χ1n) is 13.1. The van der Waals surface area contributed by atoms with Crippen molar-refractivity contribution in [1.29, 1.82) is 0 Å². The monoisotopic (exact) mass is 452 g/mol. The van der Waals surface area contributed by atoms with E-state index in [9.17, 15) is 9.59 Å². The summed E-state index contributed by atoms with van der Waals surface area (Å²) < 4.78 is 0. The number of rotatable bonds is 5. The lowest BCUT2D eigenvalue weighted by Crippen LogP contribution is -2.53. The Hall–Kier alpha value is -1.64. The van der Waals surface area contributed by atoms with Gasteiger partial charge in [0.1, 0.15) is 5.78 Å². The molecule has 2 fully saturated rings. The fourth-order valence-corrected chi connectivity index (χ4v) is 8.61. The van der Waals surface area contributed by atoms with Crippen molar-refractivity contribution in [1.82, 2.24) is 0 Å². The lowest BCUT2D eigenvalue weighted by atomic mass is 9.44. The van der Waals surface area contributed by atoms with Gasteiger partial charge in [0.05, 0.1) is 0 Å². The fourth-order valence-electron chi connectivity index (χ4n) is 8.61. The first-order valence-corrected chi connectivity index (χ1v) is 13.1. The summed E-state index contributed by atoms with van der Waals surface area (Å²) in [7, 11) is 0. The smallest absolute Gasteiger partial charge is 0.330 e. The van der Waals surface area contributed by atoms with Crippen LogP contribution in [0.25, 0.3) is 0 Å². The van der Waals surface area contributed by atoms with Gasteiger partial charge in [0.25, 0.3) is 0 Å². The molecular formula is C30H44O3. The molecule has 0 aromatic rings. The highest BCUT2D eigenvalue weighted by atomic mass is 16.4. The average molecular weight is 453 g/mol. The number of aliphatic carboxylic acids is 1. The lowest BCUT2D eigenvalue weighted by Gasteiger charge is -2.59. The number of carboxylic acid groups (broad SMARTS) is 1. The van der Waals surface area contributed by atoms with E-state index in [0.717, 1.165) is 32.1 Å². The summed E-state index contributed by atoms with van der Waals surface area (Å²) in [4.78, 5) is 23.9. The fraction of sp³-hybridized carbons (Fsp3) is 0.733. The Labute approximate surface area is 200 Å². The molecule has 0 aliphatic heterocycles. The van der Waals surface area contributed by atoms with Gasteiger partial charge in [-0.2, -0.15) is 0 Å². The maximum absolute atomic E-state index is 12.8. The van der Waals surface area contributed by atoms with E-state index in [1.54, 1.807) is 18.1 Å². The molecule has 4 aliphatic rings. The number of hydrogen-bond donors (Lipinski definition) is 1. The number of allylic oxidation sites excluding steroid dienone is 5. The predicted octanol–water partition coefficient (Wildman–Crippen LogP) is 7.53. The third-order valence-corrected chi connectivity index (χ3v) is 11.1. The van der Waals surface area contributed by atoms with Crippen LogP contribution < -0.4 is 0 Å². The SMILES string of the molecule is CC(=CCC[C@@H](C)[C@H]1CC[C@@]2(C)C3=CCC4C(C)(C)C(=O)CC[C@]4(C)C3=CC[C@]12C)C(=O)O. The van der Waals surface area contributed by atoms with Gasteiger partial charge >= 0.3 is 5.97 Å². The number of fused-ring (bicyclic) bond motifs is 5. The van der Waals surface area contributed by atoms with Gasteiger partial charge in [-0.3, -0.25) is 4.79 Å². The van der Waals surface area contributed by atoms with E-state index < -0.39 is 5.97 Å². The number of carbonyl (C=O) groups is 2. The summed E-state index contributed by atoms with van der Waals surface area (Å²) >= 11 is 0. The number of hydrogen-bond acceptors (Lipinski definition) is 2. The molecule has 33 heavy (non-hydrogen) atoms. The largest absolute Gasteiger partial charge is 0.478 e.